The molecule has 1 aromatic heterocycles. The van der Waals surface area contributed by atoms with Crippen molar-refractivity contribution in [1.29, 1.82) is 0 Å². The van der Waals surface area contributed by atoms with Gasteiger partial charge in [-0.3, -0.25) is 4.98 Å². The molecule has 34 heavy (non-hydrogen) atoms. The molecule has 0 radical (unpaired) electrons. The number of benzene rings is 3. The first-order valence-electron chi connectivity index (χ1n) is 12.4. The largest absolute Gasteiger partial charge is 0.313 e. The van der Waals surface area contributed by atoms with Gasteiger partial charge < -0.3 is 4.57 Å². The highest BCUT2D eigenvalue weighted by Gasteiger charge is 2.70. The van der Waals surface area contributed by atoms with Crippen LogP contribution in [0.4, 0.5) is 0 Å². The molecule has 0 amide bonds. The first-order valence-corrected chi connectivity index (χ1v) is 14.2. The summed E-state index contributed by atoms with van der Waals surface area (Å²) in [6.45, 7) is 7.27. The topological polar surface area (TPSA) is 30.0 Å². The van der Waals surface area contributed by atoms with Gasteiger partial charge in [0, 0.05) is 33.3 Å². The first-order chi connectivity index (χ1) is 16.4. The number of para-hydroxylation sites is 1. The van der Waals surface area contributed by atoms with E-state index in [2.05, 4.69) is 81.4 Å². The minimum absolute atomic E-state index is 0.0275. The van der Waals surface area contributed by atoms with Crippen molar-refractivity contribution >= 4 is 28.7 Å². The monoisotopic (exact) mass is 465 g/mol. The fourth-order valence-electron chi connectivity index (χ4n) is 7.34. The van der Waals surface area contributed by atoms with Crippen LogP contribution in [0.2, 0.25) is 0 Å². The number of rotatable bonds is 4. The molecule has 4 atom stereocenters. The van der Waals surface area contributed by atoms with Gasteiger partial charge in [-0.25, -0.2) is 0 Å². The van der Waals surface area contributed by atoms with Crippen molar-refractivity contribution in [3.05, 3.63) is 103 Å². The van der Waals surface area contributed by atoms with Gasteiger partial charge in [0.15, 0.2) is 0 Å². The van der Waals surface area contributed by atoms with Crippen molar-refractivity contribution in [1.82, 2.24) is 4.98 Å². The average molecular weight is 466 g/mol. The molecule has 0 saturated heterocycles. The molecule has 172 valence electrons. The molecule has 2 saturated carbocycles. The Morgan fingerprint density at radius 3 is 2.00 bits per heavy atom. The SMILES string of the molecule is CC1(C)C2CCC1(C)C(c1ccc3ccccc3n1)C2P(=O)(c1ccccc1)c1ccccc1. The lowest BCUT2D eigenvalue weighted by Crippen LogP contribution is -2.37. The molecule has 0 aliphatic heterocycles. The molecule has 2 bridgehead atoms. The highest BCUT2D eigenvalue weighted by atomic mass is 31.2. The molecule has 2 nitrogen and oxygen atoms in total. The molecule has 1 heterocycles. The molecule has 3 aromatic carbocycles. The van der Waals surface area contributed by atoms with Gasteiger partial charge in [-0.2, -0.15) is 0 Å². The molecule has 6 rings (SSSR count). The average Bonchev–Trinajstić information content (AvgIpc) is 3.21. The van der Waals surface area contributed by atoms with Crippen LogP contribution in [0.3, 0.4) is 0 Å². The zero-order chi connectivity index (χ0) is 23.6. The molecule has 0 spiro atoms. The molecule has 4 unspecified atom stereocenters. The summed E-state index contributed by atoms with van der Waals surface area (Å²) in [5.74, 6) is 0.513. The van der Waals surface area contributed by atoms with Crippen molar-refractivity contribution < 1.29 is 4.57 Å². The molecule has 2 aliphatic rings. The van der Waals surface area contributed by atoms with E-state index >= 15 is 4.57 Å². The molecular formula is C31H32NOP. The molecule has 3 heteroatoms. The van der Waals surface area contributed by atoms with Crippen LogP contribution in [-0.4, -0.2) is 10.6 Å². The smallest absolute Gasteiger partial charge is 0.147 e. The standard InChI is InChI=1S/C31H32NOP/c1-30(2)25-20-21-31(30,3)28(27-19-18-22-12-10-11-17-26(22)32-27)29(25)34(33,23-13-6-4-7-14-23)24-15-8-5-9-16-24/h4-19,25,28-29H,20-21H2,1-3H3. The fraction of sp³-hybridized carbons (Fsp3) is 0.323. The van der Waals surface area contributed by atoms with Crippen LogP contribution < -0.4 is 10.6 Å². The highest BCUT2D eigenvalue weighted by Crippen LogP contribution is 2.78. The fourth-order valence-corrected chi connectivity index (χ4v) is 11.5. The second-order valence-corrected chi connectivity index (χ2v) is 14.0. The zero-order valence-corrected chi connectivity index (χ0v) is 21.1. The van der Waals surface area contributed by atoms with Crippen molar-refractivity contribution in [2.24, 2.45) is 16.7 Å². The maximum absolute atomic E-state index is 15.7. The summed E-state index contributed by atoms with van der Waals surface area (Å²) in [6.07, 6.45) is 2.28. The maximum Gasteiger partial charge on any atom is 0.147 e. The Morgan fingerprint density at radius 2 is 1.35 bits per heavy atom. The Kier molecular flexibility index (Phi) is 4.91. The van der Waals surface area contributed by atoms with E-state index in [-0.39, 0.29) is 22.4 Å². The minimum Gasteiger partial charge on any atom is -0.313 e. The number of pyridine rings is 1. The van der Waals surface area contributed by atoms with Gasteiger partial charge >= 0.3 is 0 Å². The summed E-state index contributed by atoms with van der Waals surface area (Å²) < 4.78 is 15.7. The van der Waals surface area contributed by atoms with Crippen LogP contribution in [0, 0.1) is 16.7 Å². The number of nitrogens with zero attached hydrogens (tertiary/aromatic N) is 1. The van der Waals surface area contributed by atoms with Gasteiger partial charge in [0.1, 0.15) is 7.14 Å². The van der Waals surface area contributed by atoms with Crippen molar-refractivity contribution in [3.63, 3.8) is 0 Å². The van der Waals surface area contributed by atoms with Gasteiger partial charge in [0.2, 0.25) is 0 Å². The molecule has 2 fully saturated rings. The van der Waals surface area contributed by atoms with Crippen molar-refractivity contribution in [3.8, 4) is 0 Å². The van der Waals surface area contributed by atoms with E-state index in [0.29, 0.717) is 5.92 Å². The number of aromatic nitrogens is 1. The van der Waals surface area contributed by atoms with E-state index in [0.717, 1.165) is 40.0 Å². The summed E-state index contributed by atoms with van der Waals surface area (Å²) in [7, 11) is -2.96. The third-order valence-electron chi connectivity index (χ3n) is 9.45. The Morgan fingerprint density at radius 1 is 0.765 bits per heavy atom. The summed E-state index contributed by atoms with van der Waals surface area (Å²) in [4.78, 5) is 5.22. The second-order valence-electron chi connectivity index (χ2n) is 11.0. The van der Waals surface area contributed by atoms with Crippen LogP contribution in [-0.2, 0) is 4.57 Å². The number of hydrogen-bond acceptors (Lipinski definition) is 2. The Hall–Kier alpha value is -2.70. The highest BCUT2D eigenvalue weighted by molar-refractivity contribution is 7.79. The van der Waals surface area contributed by atoms with Crippen molar-refractivity contribution in [2.75, 3.05) is 0 Å². The summed E-state index contributed by atoms with van der Waals surface area (Å²) in [5.41, 5.74) is 2.27. The lowest BCUT2D eigenvalue weighted by atomic mass is 9.66. The lowest BCUT2D eigenvalue weighted by molar-refractivity contribution is 0.133. The van der Waals surface area contributed by atoms with E-state index in [9.17, 15) is 0 Å². The third-order valence-corrected chi connectivity index (χ3v) is 13.1. The summed E-state index contributed by atoms with van der Waals surface area (Å²) >= 11 is 0. The first kappa shape index (κ1) is 21.8. The van der Waals surface area contributed by atoms with E-state index in [1.807, 2.05) is 36.4 Å². The van der Waals surface area contributed by atoms with E-state index in [4.69, 9.17) is 4.98 Å². The Bertz CT molecular complexity index is 1350. The van der Waals surface area contributed by atoms with Crippen LogP contribution in [0.1, 0.15) is 45.2 Å². The van der Waals surface area contributed by atoms with Crippen molar-refractivity contribution in [2.45, 2.75) is 45.2 Å². The van der Waals surface area contributed by atoms with Gasteiger partial charge in [0.05, 0.1) is 5.52 Å². The van der Waals surface area contributed by atoms with Crippen LogP contribution in [0.25, 0.3) is 10.9 Å². The normalized spacial score (nSPS) is 27.8. The van der Waals surface area contributed by atoms with E-state index < -0.39 is 7.14 Å². The lowest BCUT2D eigenvalue weighted by Gasteiger charge is -2.42. The Labute approximate surface area is 202 Å². The molecule has 4 aromatic rings. The second kappa shape index (κ2) is 7.65. The van der Waals surface area contributed by atoms with Gasteiger partial charge in [-0.05, 0) is 41.7 Å². The molecule has 2 aliphatic carbocycles. The Balaban J connectivity index is 1.63. The van der Waals surface area contributed by atoms with Crippen LogP contribution in [0.15, 0.2) is 97.1 Å². The number of fused-ring (bicyclic) bond motifs is 3. The molecule has 0 N–H and O–H groups in total. The van der Waals surface area contributed by atoms with Gasteiger partial charge in [-0.1, -0.05) is 106 Å². The third kappa shape index (κ3) is 2.88. The van der Waals surface area contributed by atoms with E-state index in [1.165, 1.54) is 0 Å². The molecular weight excluding hydrogens is 433 g/mol. The van der Waals surface area contributed by atoms with Crippen LogP contribution >= 0.6 is 7.14 Å². The van der Waals surface area contributed by atoms with Gasteiger partial charge in [-0.15, -0.1) is 0 Å². The summed E-state index contributed by atoms with van der Waals surface area (Å²) in [5, 5.41) is 3.11. The van der Waals surface area contributed by atoms with Crippen LogP contribution in [0.5, 0.6) is 0 Å². The predicted octanol–water partition coefficient (Wildman–Crippen LogP) is 7.16. The van der Waals surface area contributed by atoms with E-state index in [1.54, 1.807) is 0 Å². The zero-order valence-electron chi connectivity index (χ0n) is 20.2. The maximum atomic E-state index is 15.7. The number of hydrogen-bond donors (Lipinski definition) is 0. The minimum atomic E-state index is -2.96. The quantitative estimate of drug-likeness (QED) is 0.299. The van der Waals surface area contributed by atoms with Gasteiger partial charge in [0.25, 0.3) is 0 Å². The summed E-state index contributed by atoms with van der Waals surface area (Å²) in [6, 6.07) is 33.3. The predicted molar refractivity (Wildman–Crippen MR) is 143 cm³/mol.